The van der Waals surface area contributed by atoms with Crippen molar-refractivity contribution in [3.8, 4) is 11.5 Å². The SMILES string of the molecule is CS(=O)(=O)OC[C@@H]1C[C@H](Oc2ccc(OC(F)(F)F)cc2)CN1C(=O)OCc1ccccc1. The van der Waals surface area contributed by atoms with Gasteiger partial charge in [-0.05, 0) is 29.8 Å². The molecule has 1 amide bonds. The van der Waals surface area contributed by atoms with E-state index in [-0.39, 0.29) is 31.9 Å². The second-order valence-corrected chi connectivity index (χ2v) is 8.97. The van der Waals surface area contributed by atoms with E-state index in [0.29, 0.717) is 0 Å². The molecule has 8 nitrogen and oxygen atoms in total. The molecular formula is C21H22F3NO7S. The molecule has 180 valence electrons. The number of hydrogen-bond donors (Lipinski definition) is 0. The number of hydrogen-bond acceptors (Lipinski definition) is 7. The predicted molar refractivity (Wildman–Crippen MR) is 110 cm³/mol. The summed E-state index contributed by atoms with van der Waals surface area (Å²) < 4.78 is 79.5. The van der Waals surface area contributed by atoms with E-state index >= 15 is 0 Å². The van der Waals surface area contributed by atoms with E-state index in [0.717, 1.165) is 24.0 Å². The first kappa shape index (κ1) is 24.6. The van der Waals surface area contributed by atoms with Gasteiger partial charge in [-0.2, -0.15) is 8.42 Å². The van der Waals surface area contributed by atoms with Gasteiger partial charge in [0.2, 0.25) is 0 Å². The normalized spacial score (nSPS) is 18.7. The predicted octanol–water partition coefficient (Wildman–Crippen LogP) is 3.72. The maximum atomic E-state index is 12.6. The summed E-state index contributed by atoms with van der Waals surface area (Å²) in [6.45, 7) is -0.175. The smallest absolute Gasteiger partial charge is 0.488 e. The van der Waals surface area contributed by atoms with Crippen LogP contribution in [0.2, 0.25) is 0 Å². The highest BCUT2D eigenvalue weighted by molar-refractivity contribution is 7.85. The Morgan fingerprint density at radius 2 is 1.70 bits per heavy atom. The lowest BCUT2D eigenvalue weighted by atomic mass is 10.2. The van der Waals surface area contributed by atoms with Crippen LogP contribution >= 0.6 is 0 Å². The average Bonchev–Trinajstić information content (AvgIpc) is 3.14. The summed E-state index contributed by atoms with van der Waals surface area (Å²) >= 11 is 0. The van der Waals surface area contributed by atoms with Gasteiger partial charge >= 0.3 is 12.5 Å². The minimum absolute atomic E-state index is 0.0298. The first-order valence-corrected chi connectivity index (χ1v) is 11.6. The lowest BCUT2D eigenvalue weighted by Crippen LogP contribution is -2.39. The van der Waals surface area contributed by atoms with Crippen LogP contribution in [0, 0.1) is 0 Å². The number of ether oxygens (including phenoxy) is 3. The molecule has 33 heavy (non-hydrogen) atoms. The van der Waals surface area contributed by atoms with Crippen LogP contribution in [0.4, 0.5) is 18.0 Å². The van der Waals surface area contributed by atoms with Crippen molar-refractivity contribution in [3.63, 3.8) is 0 Å². The topological polar surface area (TPSA) is 91.4 Å². The molecule has 0 N–H and O–H groups in total. The largest absolute Gasteiger partial charge is 0.573 e. The van der Waals surface area contributed by atoms with Gasteiger partial charge in [0.25, 0.3) is 10.1 Å². The van der Waals surface area contributed by atoms with Gasteiger partial charge in [0, 0.05) is 6.42 Å². The molecule has 0 saturated carbocycles. The van der Waals surface area contributed by atoms with Gasteiger partial charge in [0.1, 0.15) is 24.2 Å². The monoisotopic (exact) mass is 489 g/mol. The number of halogens is 3. The van der Waals surface area contributed by atoms with E-state index in [4.69, 9.17) is 13.7 Å². The Morgan fingerprint density at radius 3 is 2.30 bits per heavy atom. The first-order chi connectivity index (χ1) is 15.5. The van der Waals surface area contributed by atoms with Crippen molar-refractivity contribution in [2.45, 2.75) is 31.5 Å². The zero-order chi connectivity index (χ0) is 24.1. The minimum Gasteiger partial charge on any atom is -0.488 e. The van der Waals surface area contributed by atoms with Gasteiger partial charge in [0.15, 0.2) is 0 Å². The van der Waals surface area contributed by atoms with Crippen molar-refractivity contribution in [3.05, 3.63) is 60.2 Å². The van der Waals surface area contributed by atoms with Crippen LogP contribution in [0.1, 0.15) is 12.0 Å². The van der Waals surface area contributed by atoms with Gasteiger partial charge < -0.3 is 14.2 Å². The fraction of sp³-hybridized carbons (Fsp3) is 0.381. The van der Waals surface area contributed by atoms with Crippen LogP contribution in [0.5, 0.6) is 11.5 Å². The molecule has 1 saturated heterocycles. The Bertz CT molecular complexity index is 1030. The zero-order valence-corrected chi connectivity index (χ0v) is 18.3. The molecule has 2 aromatic carbocycles. The maximum Gasteiger partial charge on any atom is 0.573 e. The lowest BCUT2D eigenvalue weighted by Gasteiger charge is -2.23. The second kappa shape index (κ2) is 10.3. The van der Waals surface area contributed by atoms with Crippen molar-refractivity contribution in [1.29, 1.82) is 0 Å². The highest BCUT2D eigenvalue weighted by atomic mass is 32.2. The molecule has 0 spiro atoms. The van der Waals surface area contributed by atoms with E-state index in [9.17, 15) is 26.4 Å². The molecule has 1 heterocycles. The molecule has 2 aromatic rings. The zero-order valence-electron chi connectivity index (χ0n) is 17.5. The fourth-order valence-corrected chi connectivity index (χ4v) is 3.66. The van der Waals surface area contributed by atoms with Crippen molar-refractivity contribution in [2.24, 2.45) is 0 Å². The number of carbonyl (C=O) groups is 1. The van der Waals surface area contributed by atoms with E-state index < -0.39 is 40.5 Å². The van der Waals surface area contributed by atoms with Gasteiger partial charge in [-0.25, -0.2) is 4.79 Å². The highest BCUT2D eigenvalue weighted by Gasteiger charge is 2.38. The summed E-state index contributed by atoms with van der Waals surface area (Å²) in [5.41, 5.74) is 0.781. The third-order valence-electron chi connectivity index (χ3n) is 4.65. The lowest BCUT2D eigenvalue weighted by molar-refractivity contribution is -0.274. The number of benzene rings is 2. The van der Waals surface area contributed by atoms with Crippen molar-refractivity contribution >= 4 is 16.2 Å². The standard InChI is InChI=1S/C21H22F3NO7S/c1-33(27,28)30-14-16-11-19(31-17-7-9-18(10-8-17)32-21(22,23)24)12-25(16)20(26)29-13-15-5-3-2-4-6-15/h2-10,16,19H,11-14H2,1H3/t16-,19-/m0/s1. The fourth-order valence-electron chi connectivity index (χ4n) is 3.26. The van der Waals surface area contributed by atoms with Crippen LogP contribution in [-0.2, 0) is 25.6 Å². The molecule has 1 fully saturated rings. The number of nitrogens with zero attached hydrogens (tertiary/aromatic N) is 1. The molecule has 0 bridgehead atoms. The van der Waals surface area contributed by atoms with Crippen molar-refractivity contribution in [2.75, 3.05) is 19.4 Å². The van der Waals surface area contributed by atoms with E-state index in [2.05, 4.69) is 4.74 Å². The molecule has 0 unspecified atom stereocenters. The molecule has 0 aromatic heterocycles. The Balaban J connectivity index is 1.63. The van der Waals surface area contributed by atoms with E-state index in [1.54, 1.807) is 24.3 Å². The second-order valence-electron chi connectivity index (χ2n) is 7.33. The van der Waals surface area contributed by atoms with Crippen molar-refractivity contribution < 1.29 is 44.8 Å². The number of likely N-dealkylation sites (tertiary alicyclic amines) is 1. The van der Waals surface area contributed by atoms with Gasteiger partial charge in [-0.3, -0.25) is 9.08 Å². The summed E-state index contributed by atoms with van der Waals surface area (Å²) in [6.07, 6.45) is -4.89. The summed E-state index contributed by atoms with van der Waals surface area (Å²) in [4.78, 5) is 14.0. The summed E-state index contributed by atoms with van der Waals surface area (Å²) in [5, 5.41) is 0. The maximum absolute atomic E-state index is 12.6. The molecule has 0 radical (unpaired) electrons. The molecule has 1 aliphatic heterocycles. The van der Waals surface area contributed by atoms with Crippen LogP contribution in [0.3, 0.4) is 0 Å². The third-order valence-corrected chi connectivity index (χ3v) is 5.21. The van der Waals surface area contributed by atoms with Crippen molar-refractivity contribution in [1.82, 2.24) is 4.90 Å². The number of carbonyl (C=O) groups excluding carboxylic acids is 1. The van der Waals surface area contributed by atoms with Gasteiger partial charge in [0.05, 0.1) is 25.4 Å². The molecule has 12 heteroatoms. The first-order valence-electron chi connectivity index (χ1n) is 9.83. The number of alkyl halides is 3. The van der Waals surface area contributed by atoms with Gasteiger partial charge in [-0.15, -0.1) is 13.2 Å². The summed E-state index contributed by atoms with van der Waals surface area (Å²) in [5.74, 6) is -0.136. The van der Waals surface area contributed by atoms with Crippen LogP contribution in [0.15, 0.2) is 54.6 Å². The van der Waals surface area contributed by atoms with Gasteiger partial charge in [-0.1, -0.05) is 30.3 Å². The highest BCUT2D eigenvalue weighted by Crippen LogP contribution is 2.28. The minimum atomic E-state index is -4.80. The third kappa shape index (κ3) is 8.13. The number of rotatable bonds is 8. The Labute approximate surface area is 188 Å². The molecular weight excluding hydrogens is 467 g/mol. The average molecular weight is 489 g/mol. The van der Waals surface area contributed by atoms with Crippen LogP contribution in [-0.4, -0.2) is 57.3 Å². The Morgan fingerprint density at radius 1 is 1.06 bits per heavy atom. The quantitative estimate of drug-likeness (QED) is 0.522. The molecule has 2 atom stereocenters. The Kier molecular flexibility index (Phi) is 7.69. The number of amides is 1. The summed E-state index contributed by atoms with van der Waals surface area (Å²) in [7, 11) is -3.74. The van der Waals surface area contributed by atoms with Crippen LogP contribution < -0.4 is 9.47 Å². The van der Waals surface area contributed by atoms with E-state index in [1.807, 2.05) is 6.07 Å². The molecule has 1 aliphatic rings. The van der Waals surface area contributed by atoms with Crippen LogP contribution in [0.25, 0.3) is 0 Å². The molecule has 3 rings (SSSR count). The summed E-state index contributed by atoms with van der Waals surface area (Å²) in [6, 6.07) is 13.2. The molecule has 0 aliphatic carbocycles. The van der Waals surface area contributed by atoms with E-state index in [1.165, 1.54) is 17.0 Å². The Hall–Kier alpha value is -2.99.